The lowest BCUT2D eigenvalue weighted by atomic mass is 9.82. The highest BCUT2D eigenvalue weighted by Crippen LogP contribution is 2.34. The van der Waals surface area contributed by atoms with E-state index in [1.165, 1.54) is 22.7 Å². The van der Waals surface area contributed by atoms with Gasteiger partial charge in [-0.05, 0) is 6.26 Å². The molecule has 0 unspecified atom stereocenters. The zero-order chi connectivity index (χ0) is 12.2. The van der Waals surface area contributed by atoms with E-state index in [4.69, 9.17) is 9.84 Å². The van der Waals surface area contributed by atoms with E-state index in [0.29, 0.717) is 5.75 Å². The van der Waals surface area contributed by atoms with Crippen molar-refractivity contribution in [3.63, 3.8) is 0 Å². The van der Waals surface area contributed by atoms with Crippen LogP contribution in [0.2, 0.25) is 0 Å². The van der Waals surface area contributed by atoms with Gasteiger partial charge >= 0.3 is 12.1 Å². The van der Waals surface area contributed by atoms with Crippen molar-refractivity contribution in [3.05, 3.63) is 12.7 Å². The maximum absolute atomic E-state index is 11.4. The predicted molar refractivity (Wildman–Crippen MR) is 61.6 cm³/mol. The van der Waals surface area contributed by atoms with Crippen LogP contribution in [0.5, 0.6) is 0 Å². The summed E-state index contributed by atoms with van der Waals surface area (Å²) in [6.45, 7) is 4.02. The Morgan fingerprint density at radius 2 is 2.25 bits per heavy atom. The highest BCUT2D eigenvalue weighted by Gasteiger charge is 2.51. The first-order valence-electron chi connectivity index (χ1n) is 4.80. The average molecular weight is 245 g/mol. The molecule has 0 aromatic rings. The summed E-state index contributed by atoms with van der Waals surface area (Å²) in [5.74, 6) is -0.345. The Morgan fingerprint density at radius 1 is 1.62 bits per heavy atom. The van der Waals surface area contributed by atoms with Crippen LogP contribution in [0.15, 0.2) is 12.7 Å². The molecule has 1 aliphatic rings. The van der Waals surface area contributed by atoms with Crippen molar-refractivity contribution in [2.24, 2.45) is 5.41 Å². The number of amides is 1. The van der Waals surface area contributed by atoms with Crippen LogP contribution in [0.3, 0.4) is 0 Å². The molecule has 0 bridgehead atoms. The zero-order valence-corrected chi connectivity index (χ0v) is 9.96. The van der Waals surface area contributed by atoms with Crippen LogP contribution in [0.4, 0.5) is 4.79 Å². The van der Waals surface area contributed by atoms with Crippen LogP contribution in [-0.2, 0) is 9.53 Å². The van der Waals surface area contributed by atoms with E-state index >= 15 is 0 Å². The van der Waals surface area contributed by atoms with Crippen molar-refractivity contribution >= 4 is 23.8 Å². The minimum absolute atomic E-state index is 0.151. The van der Waals surface area contributed by atoms with Crippen molar-refractivity contribution in [2.45, 2.75) is 0 Å². The summed E-state index contributed by atoms with van der Waals surface area (Å²) in [6.07, 6.45) is 2.85. The van der Waals surface area contributed by atoms with E-state index in [1.807, 2.05) is 6.26 Å². The summed E-state index contributed by atoms with van der Waals surface area (Å²) in [4.78, 5) is 23.8. The Balaban J connectivity index is 2.47. The lowest BCUT2D eigenvalue weighted by molar-refractivity contribution is -0.156. The number of rotatable bonds is 5. The van der Waals surface area contributed by atoms with Gasteiger partial charge < -0.3 is 14.7 Å². The van der Waals surface area contributed by atoms with Crippen molar-refractivity contribution in [2.75, 3.05) is 31.7 Å². The van der Waals surface area contributed by atoms with Crippen molar-refractivity contribution in [1.82, 2.24) is 4.90 Å². The number of hydrogen-bond donors (Lipinski definition) is 1. The molecule has 1 heterocycles. The lowest BCUT2D eigenvalue weighted by Crippen LogP contribution is -2.63. The number of carbonyl (C=O) groups excluding carboxylic acids is 1. The fraction of sp³-hybridized carbons (Fsp3) is 0.600. The third kappa shape index (κ3) is 2.49. The first-order valence-corrected chi connectivity index (χ1v) is 6.20. The summed E-state index contributed by atoms with van der Waals surface area (Å²) < 4.78 is 4.82. The highest BCUT2D eigenvalue weighted by molar-refractivity contribution is 7.98. The van der Waals surface area contributed by atoms with Gasteiger partial charge in [-0.3, -0.25) is 4.79 Å². The van der Waals surface area contributed by atoms with Gasteiger partial charge in [0.1, 0.15) is 12.0 Å². The van der Waals surface area contributed by atoms with E-state index < -0.39 is 17.5 Å². The molecule has 6 heteroatoms. The van der Waals surface area contributed by atoms with Crippen molar-refractivity contribution in [3.8, 4) is 0 Å². The average Bonchev–Trinajstić information content (AvgIpc) is 2.18. The largest absolute Gasteiger partial charge is 0.481 e. The van der Waals surface area contributed by atoms with Crippen LogP contribution in [0.25, 0.3) is 0 Å². The molecule has 0 spiro atoms. The molecule has 16 heavy (non-hydrogen) atoms. The number of hydrogen-bond acceptors (Lipinski definition) is 4. The maximum Gasteiger partial charge on any atom is 0.410 e. The van der Waals surface area contributed by atoms with Gasteiger partial charge in [0.2, 0.25) is 0 Å². The minimum atomic E-state index is -0.852. The van der Waals surface area contributed by atoms with Gasteiger partial charge in [-0.25, -0.2) is 4.79 Å². The molecule has 1 amide bonds. The van der Waals surface area contributed by atoms with E-state index in [0.717, 1.165) is 0 Å². The van der Waals surface area contributed by atoms with Gasteiger partial charge in [0, 0.05) is 18.8 Å². The number of carbonyl (C=O) groups is 2. The Hall–Kier alpha value is -1.17. The highest BCUT2D eigenvalue weighted by atomic mass is 32.2. The van der Waals surface area contributed by atoms with Crippen molar-refractivity contribution in [1.29, 1.82) is 0 Å². The summed E-state index contributed by atoms with van der Waals surface area (Å²) >= 11 is 1.47. The van der Waals surface area contributed by atoms with E-state index in [1.54, 1.807) is 0 Å². The molecule has 1 fully saturated rings. The van der Waals surface area contributed by atoms with E-state index in [2.05, 4.69) is 6.58 Å². The second kappa shape index (κ2) is 5.25. The van der Waals surface area contributed by atoms with Crippen LogP contribution in [0, 0.1) is 5.41 Å². The molecule has 1 aliphatic heterocycles. The molecule has 1 N–H and O–H groups in total. The summed E-state index contributed by atoms with van der Waals surface area (Å²) in [6, 6.07) is 0. The summed E-state index contributed by atoms with van der Waals surface area (Å²) in [7, 11) is 0. The van der Waals surface area contributed by atoms with Gasteiger partial charge in [0.05, 0.1) is 0 Å². The molecule has 0 aliphatic carbocycles. The predicted octanol–water partition coefficient (Wildman–Crippen LogP) is 1.06. The Kier molecular flexibility index (Phi) is 4.23. The fourth-order valence-corrected chi connectivity index (χ4v) is 2.46. The Bertz CT molecular complexity index is 299. The number of likely N-dealkylation sites (tertiary alicyclic amines) is 1. The zero-order valence-electron chi connectivity index (χ0n) is 9.14. The first kappa shape index (κ1) is 12.9. The molecule has 0 atom stereocenters. The van der Waals surface area contributed by atoms with Gasteiger partial charge in [-0.2, -0.15) is 11.8 Å². The number of aliphatic carboxylic acids is 1. The Labute approximate surface area is 98.4 Å². The van der Waals surface area contributed by atoms with Gasteiger partial charge in [-0.15, -0.1) is 0 Å². The Morgan fingerprint density at radius 3 is 2.69 bits per heavy atom. The SMILES string of the molecule is C=CCOC(=O)N1CC(CSC)(C(=O)O)C1. The second-order valence-electron chi connectivity index (χ2n) is 3.74. The number of carboxylic acid groups (broad SMARTS) is 1. The fourth-order valence-electron chi connectivity index (χ4n) is 1.60. The van der Waals surface area contributed by atoms with Crippen molar-refractivity contribution < 1.29 is 19.4 Å². The molecular weight excluding hydrogens is 230 g/mol. The number of carboxylic acids is 1. The molecule has 5 nitrogen and oxygen atoms in total. The van der Waals surface area contributed by atoms with Gasteiger partial charge in [-0.1, -0.05) is 12.7 Å². The molecule has 1 saturated heterocycles. The third-order valence-corrected chi connectivity index (χ3v) is 3.29. The monoisotopic (exact) mass is 245 g/mol. The topological polar surface area (TPSA) is 66.8 Å². The molecule has 0 aromatic carbocycles. The number of thioether (sulfide) groups is 1. The maximum atomic E-state index is 11.4. The first-order chi connectivity index (χ1) is 7.55. The van der Waals surface area contributed by atoms with Crippen LogP contribution in [-0.4, -0.2) is 53.8 Å². The quantitative estimate of drug-likeness (QED) is 0.733. The lowest BCUT2D eigenvalue weighted by Gasteiger charge is -2.45. The van der Waals surface area contributed by atoms with Crippen LogP contribution in [0.1, 0.15) is 0 Å². The minimum Gasteiger partial charge on any atom is -0.481 e. The number of ether oxygens (including phenoxy) is 1. The molecule has 0 radical (unpaired) electrons. The standard InChI is InChI=1S/C10H15NO4S/c1-3-4-15-9(14)11-5-10(6-11,7-16-2)8(12)13/h3H,1,4-7H2,2H3,(H,12,13). The second-order valence-corrected chi connectivity index (χ2v) is 4.61. The number of nitrogens with zero attached hydrogens (tertiary/aromatic N) is 1. The van der Waals surface area contributed by atoms with Crippen LogP contribution >= 0.6 is 11.8 Å². The molecule has 90 valence electrons. The van der Waals surface area contributed by atoms with Gasteiger partial charge in [0.15, 0.2) is 0 Å². The summed E-state index contributed by atoms with van der Waals surface area (Å²) in [5.41, 5.74) is -0.799. The van der Waals surface area contributed by atoms with Crippen LogP contribution < -0.4 is 0 Å². The molecular formula is C10H15NO4S. The van der Waals surface area contributed by atoms with Gasteiger partial charge in [0.25, 0.3) is 0 Å². The molecule has 1 rings (SSSR count). The van der Waals surface area contributed by atoms with E-state index in [9.17, 15) is 9.59 Å². The van der Waals surface area contributed by atoms with E-state index in [-0.39, 0.29) is 19.7 Å². The smallest absolute Gasteiger partial charge is 0.410 e. The third-order valence-electron chi connectivity index (χ3n) is 2.44. The molecule has 0 aromatic heterocycles. The summed E-state index contributed by atoms with van der Waals surface area (Å²) in [5, 5.41) is 9.08. The molecule has 0 saturated carbocycles. The normalized spacial score (nSPS) is 17.4.